The van der Waals surface area contributed by atoms with Gasteiger partial charge in [-0.3, -0.25) is 0 Å². The fraction of sp³-hybridized carbons (Fsp3) is 0.250. The minimum Gasteiger partial charge on any atom is -0.399 e. The van der Waals surface area contributed by atoms with Crippen LogP contribution in [0, 0.1) is 0 Å². The van der Waals surface area contributed by atoms with Gasteiger partial charge in [0.1, 0.15) is 0 Å². The molecule has 23 heavy (non-hydrogen) atoms. The molecule has 0 aromatic heterocycles. The first kappa shape index (κ1) is 17.9. The van der Waals surface area contributed by atoms with Crippen molar-refractivity contribution in [3.63, 3.8) is 0 Å². The molecule has 0 saturated carbocycles. The summed E-state index contributed by atoms with van der Waals surface area (Å²) in [5.74, 6) is 0. The third-order valence-corrected chi connectivity index (χ3v) is 5.73. The summed E-state index contributed by atoms with van der Waals surface area (Å²) in [5, 5.41) is 3.04. The Kier molecular flexibility index (Phi) is 5.80. The second-order valence-corrected chi connectivity index (χ2v) is 8.16. The number of nitrogens with two attached hydrogens (primary N) is 2. The molecular weight excluding hydrogens is 378 g/mol. The normalized spacial score (nSPS) is 13.0. The summed E-state index contributed by atoms with van der Waals surface area (Å²) in [7, 11) is -1.76. The van der Waals surface area contributed by atoms with Crippen molar-refractivity contribution in [2.45, 2.75) is 22.3 Å². The molecule has 5 N–H and O–H groups in total. The third-order valence-electron chi connectivity index (χ3n) is 3.53. The van der Waals surface area contributed by atoms with Crippen LogP contribution >= 0.6 is 15.9 Å². The Morgan fingerprint density at radius 1 is 1.13 bits per heavy atom. The molecule has 0 amide bonds. The Hall–Kier alpha value is -1.41. The molecule has 2 aromatic carbocycles. The predicted octanol–water partition coefficient (Wildman–Crippen LogP) is 2.47. The topological polar surface area (TPSA) is 98.2 Å². The highest BCUT2D eigenvalue weighted by molar-refractivity contribution is 9.10. The quantitative estimate of drug-likeness (QED) is 0.650. The van der Waals surface area contributed by atoms with Gasteiger partial charge in [-0.15, -0.1) is 0 Å². The maximum Gasteiger partial charge on any atom is 0.206 e. The van der Waals surface area contributed by atoms with Crippen molar-refractivity contribution in [1.29, 1.82) is 0 Å². The molecule has 0 radical (unpaired) electrons. The standard InChI is InChI=1S/C16H20BrN3O2S/c1-20-7-6-16(19)11-8-12(17)10-15(9-11)23(21,22)14-4-2-13(18)3-5-14/h2-5,8-10,16,20H,6-7,18-19H2,1H3. The highest BCUT2D eigenvalue weighted by Crippen LogP contribution is 2.28. The maximum atomic E-state index is 12.8. The molecule has 0 fully saturated rings. The maximum absolute atomic E-state index is 12.8. The fourth-order valence-corrected chi connectivity index (χ4v) is 4.21. The van der Waals surface area contributed by atoms with E-state index < -0.39 is 9.84 Å². The molecule has 1 atom stereocenters. The summed E-state index contributed by atoms with van der Waals surface area (Å²) in [4.78, 5) is 0.422. The van der Waals surface area contributed by atoms with Crippen LogP contribution in [0.25, 0.3) is 0 Å². The van der Waals surface area contributed by atoms with Crippen molar-refractivity contribution >= 4 is 31.5 Å². The number of hydrogen-bond donors (Lipinski definition) is 3. The second-order valence-electron chi connectivity index (χ2n) is 5.29. The van der Waals surface area contributed by atoms with Crippen LogP contribution < -0.4 is 16.8 Å². The zero-order valence-electron chi connectivity index (χ0n) is 12.8. The van der Waals surface area contributed by atoms with Gasteiger partial charge in [0.15, 0.2) is 0 Å². The van der Waals surface area contributed by atoms with Gasteiger partial charge >= 0.3 is 0 Å². The Morgan fingerprint density at radius 2 is 1.78 bits per heavy atom. The number of nitrogens with one attached hydrogen (secondary N) is 1. The van der Waals surface area contributed by atoms with Crippen molar-refractivity contribution in [1.82, 2.24) is 5.32 Å². The van der Waals surface area contributed by atoms with Crippen LogP contribution in [0.5, 0.6) is 0 Å². The van der Waals surface area contributed by atoms with E-state index in [9.17, 15) is 8.42 Å². The lowest BCUT2D eigenvalue weighted by atomic mass is 10.1. The summed E-state index contributed by atoms with van der Waals surface area (Å²) in [5.41, 5.74) is 13.1. The van der Waals surface area contributed by atoms with Crippen LogP contribution in [0.15, 0.2) is 56.7 Å². The van der Waals surface area contributed by atoms with E-state index in [-0.39, 0.29) is 15.8 Å². The summed E-state index contributed by atoms with van der Waals surface area (Å²) < 4.78 is 26.2. The second kappa shape index (κ2) is 7.44. The SMILES string of the molecule is CNCCC(N)c1cc(Br)cc(S(=O)(=O)c2ccc(N)cc2)c1. The molecule has 1 unspecified atom stereocenters. The van der Waals surface area contributed by atoms with E-state index >= 15 is 0 Å². The lowest BCUT2D eigenvalue weighted by Crippen LogP contribution is -2.18. The molecular formula is C16H20BrN3O2S. The summed E-state index contributed by atoms with van der Waals surface area (Å²) in [6, 6.07) is 11.0. The molecule has 0 saturated heterocycles. The first-order chi connectivity index (χ1) is 10.8. The van der Waals surface area contributed by atoms with E-state index in [1.54, 1.807) is 24.3 Å². The van der Waals surface area contributed by atoms with Crippen LogP contribution in [-0.4, -0.2) is 22.0 Å². The molecule has 0 heterocycles. The number of hydrogen-bond acceptors (Lipinski definition) is 5. The molecule has 124 valence electrons. The number of benzene rings is 2. The van der Waals surface area contributed by atoms with Crippen molar-refractivity contribution in [3.05, 3.63) is 52.5 Å². The monoisotopic (exact) mass is 397 g/mol. The Labute approximate surface area is 145 Å². The average molecular weight is 398 g/mol. The van der Waals surface area contributed by atoms with Crippen LogP contribution in [0.2, 0.25) is 0 Å². The van der Waals surface area contributed by atoms with Gasteiger partial charge in [-0.2, -0.15) is 0 Å². The Balaban J connectivity index is 2.42. The predicted molar refractivity (Wildman–Crippen MR) is 95.9 cm³/mol. The number of sulfone groups is 1. The smallest absolute Gasteiger partial charge is 0.206 e. The van der Waals surface area contributed by atoms with Crippen LogP contribution in [0.4, 0.5) is 5.69 Å². The van der Waals surface area contributed by atoms with E-state index in [2.05, 4.69) is 21.2 Å². The number of halogens is 1. The van der Waals surface area contributed by atoms with Crippen molar-refractivity contribution in [3.8, 4) is 0 Å². The van der Waals surface area contributed by atoms with E-state index in [0.29, 0.717) is 16.6 Å². The summed E-state index contributed by atoms with van der Waals surface area (Å²) >= 11 is 3.37. The largest absolute Gasteiger partial charge is 0.399 e. The molecule has 2 aromatic rings. The molecule has 0 aliphatic carbocycles. The van der Waals surface area contributed by atoms with Crippen LogP contribution in [0.3, 0.4) is 0 Å². The zero-order chi connectivity index (χ0) is 17.0. The molecule has 5 nitrogen and oxygen atoms in total. The minimum absolute atomic E-state index is 0.208. The number of rotatable bonds is 6. The average Bonchev–Trinajstić information content (AvgIpc) is 2.52. The lowest BCUT2D eigenvalue weighted by molar-refractivity contribution is 0.594. The number of anilines is 1. The van der Waals surface area contributed by atoms with Crippen LogP contribution in [0.1, 0.15) is 18.0 Å². The third kappa shape index (κ3) is 4.32. The molecule has 0 bridgehead atoms. The molecule has 0 aliphatic heterocycles. The van der Waals surface area contributed by atoms with E-state index in [4.69, 9.17) is 11.5 Å². The van der Waals surface area contributed by atoms with Crippen LogP contribution in [-0.2, 0) is 9.84 Å². The van der Waals surface area contributed by atoms with Crippen molar-refractivity contribution in [2.75, 3.05) is 19.3 Å². The highest BCUT2D eigenvalue weighted by Gasteiger charge is 2.20. The Morgan fingerprint density at radius 3 is 2.39 bits per heavy atom. The summed E-state index contributed by atoms with van der Waals surface area (Å²) in [6.45, 7) is 0.758. The molecule has 7 heteroatoms. The lowest BCUT2D eigenvalue weighted by Gasteiger charge is -2.14. The van der Waals surface area contributed by atoms with Gasteiger partial charge in [-0.05, 0) is 68.0 Å². The van der Waals surface area contributed by atoms with Gasteiger partial charge in [0.25, 0.3) is 0 Å². The van der Waals surface area contributed by atoms with E-state index in [1.807, 2.05) is 13.1 Å². The number of nitrogen functional groups attached to an aromatic ring is 1. The van der Waals surface area contributed by atoms with Gasteiger partial charge < -0.3 is 16.8 Å². The van der Waals surface area contributed by atoms with Gasteiger partial charge in [-0.1, -0.05) is 15.9 Å². The van der Waals surface area contributed by atoms with Gasteiger partial charge in [0.05, 0.1) is 9.79 Å². The zero-order valence-corrected chi connectivity index (χ0v) is 15.2. The van der Waals surface area contributed by atoms with Gasteiger partial charge in [0.2, 0.25) is 9.84 Å². The van der Waals surface area contributed by atoms with Gasteiger partial charge in [-0.25, -0.2) is 8.42 Å². The fourth-order valence-electron chi connectivity index (χ4n) is 2.20. The van der Waals surface area contributed by atoms with E-state index in [0.717, 1.165) is 12.1 Å². The molecule has 0 aliphatic rings. The van der Waals surface area contributed by atoms with Gasteiger partial charge in [0, 0.05) is 16.2 Å². The van der Waals surface area contributed by atoms with Crippen molar-refractivity contribution in [2.24, 2.45) is 5.73 Å². The van der Waals surface area contributed by atoms with E-state index in [1.165, 1.54) is 12.1 Å². The highest BCUT2D eigenvalue weighted by atomic mass is 79.9. The summed E-state index contributed by atoms with van der Waals surface area (Å²) in [6.07, 6.45) is 0.717. The first-order valence-corrected chi connectivity index (χ1v) is 9.43. The molecule has 0 spiro atoms. The minimum atomic E-state index is -3.61. The Bertz CT molecular complexity index is 776. The van der Waals surface area contributed by atoms with Crippen molar-refractivity contribution < 1.29 is 8.42 Å². The first-order valence-electron chi connectivity index (χ1n) is 7.16. The molecule has 2 rings (SSSR count).